The van der Waals surface area contributed by atoms with Crippen LogP contribution in [0.15, 0.2) is 29.3 Å². The van der Waals surface area contributed by atoms with Crippen molar-refractivity contribution >= 4 is 23.6 Å². The van der Waals surface area contributed by atoms with Crippen molar-refractivity contribution in [2.75, 3.05) is 6.54 Å². The fourth-order valence-electron chi connectivity index (χ4n) is 1.89. The van der Waals surface area contributed by atoms with E-state index in [-0.39, 0.29) is 18.2 Å². The number of nitrogens with one attached hydrogen (secondary N) is 1. The lowest BCUT2D eigenvalue weighted by atomic mass is 10.1. The Labute approximate surface area is 148 Å². The maximum Gasteiger partial charge on any atom is 0.326 e. The van der Waals surface area contributed by atoms with E-state index >= 15 is 0 Å². The second-order valence-electron chi connectivity index (χ2n) is 5.42. The molecule has 8 nitrogen and oxygen atoms in total. The summed E-state index contributed by atoms with van der Waals surface area (Å²) in [6, 6.07) is -0.990. The number of carboxylic acids is 1. The quantitative estimate of drug-likeness (QED) is 0.127. The number of Topliss-reactive ketones (excluding diaryl/α,β-unsaturated/α-hetero) is 1. The van der Waals surface area contributed by atoms with Crippen LogP contribution in [-0.2, 0) is 14.4 Å². The van der Waals surface area contributed by atoms with E-state index in [9.17, 15) is 14.4 Å². The van der Waals surface area contributed by atoms with Crippen molar-refractivity contribution in [3.63, 3.8) is 0 Å². The Morgan fingerprint density at radius 1 is 1.20 bits per heavy atom. The van der Waals surface area contributed by atoms with Crippen molar-refractivity contribution in [2.24, 2.45) is 16.5 Å². The summed E-state index contributed by atoms with van der Waals surface area (Å²) in [4.78, 5) is 37.7. The summed E-state index contributed by atoms with van der Waals surface area (Å²) < 4.78 is 0. The molecule has 0 saturated carbocycles. The lowest BCUT2D eigenvalue weighted by Crippen LogP contribution is -2.40. The molecule has 140 valence electrons. The number of carbonyl (C=O) groups excluding carboxylic acids is 2. The smallest absolute Gasteiger partial charge is 0.326 e. The second-order valence-corrected chi connectivity index (χ2v) is 5.42. The highest BCUT2D eigenvalue weighted by atomic mass is 16.4. The van der Waals surface area contributed by atoms with Crippen LogP contribution in [0.2, 0.25) is 0 Å². The summed E-state index contributed by atoms with van der Waals surface area (Å²) in [5.74, 6) is -1.41. The first-order valence-corrected chi connectivity index (χ1v) is 8.30. The Morgan fingerprint density at radius 3 is 2.52 bits per heavy atom. The number of rotatable bonds is 13. The number of allylic oxidation sites excluding steroid dienone is 3. The molecule has 1 atom stereocenters. The highest BCUT2D eigenvalue weighted by Gasteiger charge is 2.17. The van der Waals surface area contributed by atoms with Crippen LogP contribution in [0.3, 0.4) is 0 Å². The predicted octanol–water partition coefficient (Wildman–Crippen LogP) is 0.871. The van der Waals surface area contributed by atoms with Gasteiger partial charge in [-0.1, -0.05) is 25.2 Å². The number of amides is 1. The fraction of sp³-hybridized carbons (Fsp3) is 0.529. The van der Waals surface area contributed by atoms with Crippen LogP contribution in [-0.4, -0.2) is 41.3 Å². The largest absolute Gasteiger partial charge is 0.480 e. The number of aliphatic imine (C=N–C) groups is 1. The molecule has 0 fully saturated rings. The molecule has 6 N–H and O–H groups in total. The maximum absolute atomic E-state index is 11.7. The lowest BCUT2D eigenvalue weighted by Gasteiger charge is -2.12. The molecule has 25 heavy (non-hydrogen) atoms. The molecule has 0 rings (SSSR count). The van der Waals surface area contributed by atoms with Crippen LogP contribution in [0, 0.1) is 0 Å². The minimum absolute atomic E-state index is 0.0512. The minimum Gasteiger partial charge on any atom is -0.480 e. The Balaban J connectivity index is 4.14. The number of guanidine groups is 1. The number of nitrogens with zero attached hydrogens (tertiary/aromatic N) is 1. The number of carbonyl (C=O) groups is 3. The third-order valence-corrected chi connectivity index (χ3v) is 3.28. The summed E-state index contributed by atoms with van der Waals surface area (Å²) >= 11 is 0. The van der Waals surface area contributed by atoms with Crippen LogP contribution >= 0.6 is 0 Å². The fourth-order valence-corrected chi connectivity index (χ4v) is 1.89. The minimum atomic E-state index is -1.11. The summed E-state index contributed by atoms with van der Waals surface area (Å²) in [5.41, 5.74) is 10.4. The highest BCUT2D eigenvalue weighted by Crippen LogP contribution is 2.01. The molecule has 1 amide bonds. The number of hydrogen-bond donors (Lipinski definition) is 4. The standard InChI is InChI=1S/C17H28N4O4/c1-2-13(22)9-6-4-3-5-7-11-15(23)21-14(16(24)25)10-8-12-20-17(18)19/h3,5,7,11,14H,2,4,6,8-10,12H2,1H3,(H,21,23)(H,24,25)(H4,18,19,20)/b5-3+,11-7+/t14-/m0/s1. The van der Waals surface area contributed by atoms with Gasteiger partial charge in [-0.2, -0.15) is 0 Å². The average molecular weight is 352 g/mol. The number of aliphatic carboxylic acids is 1. The van der Waals surface area contributed by atoms with Crippen molar-refractivity contribution in [3.05, 3.63) is 24.3 Å². The van der Waals surface area contributed by atoms with Crippen LogP contribution in [0.5, 0.6) is 0 Å². The third kappa shape index (κ3) is 13.5. The molecule has 0 saturated heterocycles. The van der Waals surface area contributed by atoms with E-state index in [0.717, 1.165) is 12.8 Å². The zero-order valence-electron chi connectivity index (χ0n) is 14.6. The molecule has 0 aromatic carbocycles. The van der Waals surface area contributed by atoms with Crippen molar-refractivity contribution in [2.45, 2.75) is 51.5 Å². The van der Waals surface area contributed by atoms with Gasteiger partial charge in [-0.3, -0.25) is 14.6 Å². The van der Waals surface area contributed by atoms with Gasteiger partial charge in [0.15, 0.2) is 5.96 Å². The Hall–Kier alpha value is -2.64. The first-order valence-electron chi connectivity index (χ1n) is 8.30. The molecule has 0 aliphatic carbocycles. The number of ketones is 1. The van der Waals surface area contributed by atoms with E-state index in [2.05, 4.69) is 10.3 Å². The summed E-state index contributed by atoms with van der Waals surface area (Å²) in [6.45, 7) is 2.14. The van der Waals surface area contributed by atoms with Gasteiger partial charge in [0.25, 0.3) is 0 Å². The maximum atomic E-state index is 11.7. The van der Waals surface area contributed by atoms with Crippen LogP contribution in [0.25, 0.3) is 0 Å². The van der Waals surface area contributed by atoms with Gasteiger partial charge in [0, 0.05) is 25.5 Å². The van der Waals surface area contributed by atoms with E-state index in [1.165, 1.54) is 12.2 Å². The first-order chi connectivity index (χ1) is 11.9. The highest BCUT2D eigenvalue weighted by molar-refractivity contribution is 5.91. The van der Waals surface area contributed by atoms with Crippen molar-refractivity contribution in [1.82, 2.24) is 5.32 Å². The normalized spacial score (nSPS) is 12.2. The van der Waals surface area contributed by atoms with Gasteiger partial charge in [-0.05, 0) is 25.7 Å². The first kappa shape index (κ1) is 22.4. The molecular weight excluding hydrogens is 324 g/mol. The predicted molar refractivity (Wildman–Crippen MR) is 96.9 cm³/mol. The molecule has 0 unspecified atom stereocenters. The SMILES string of the molecule is CCC(=O)CCC/C=C/C=C/C(=O)N[C@@H](CCCN=C(N)N)C(=O)O. The molecule has 0 spiro atoms. The van der Waals surface area contributed by atoms with Gasteiger partial charge >= 0.3 is 5.97 Å². The summed E-state index contributed by atoms with van der Waals surface area (Å²) in [6.07, 6.45) is 9.67. The molecule has 0 radical (unpaired) electrons. The zero-order valence-corrected chi connectivity index (χ0v) is 14.6. The van der Waals surface area contributed by atoms with Crippen LogP contribution in [0.1, 0.15) is 45.4 Å². The van der Waals surface area contributed by atoms with Crippen molar-refractivity contribution in [1.29, 1.82) is 0 Å². The monoisotopic (exact) mass is 352 g/mol. The Kier molecular flexibility index (Phi) is 12.3. The van der Waals surface area contributed by atoms with Gasteiger partial charge in [-0.25, -0.2) is 4.79 Å². The molecule has 8 heteroatoms. The van der Waals surface area contributed by atoms with Crippen LogP contribution in [0.4, 0.5) is 0 Å². The van der Waals surface area contributed by atoms with Crippen molar-refractivity contribution in [3.8, 4) is 0 Å². The van der Waals surface area contributed by atoms with E-state index in [0.29, 0.717) is 25.8 Å². The molecular formula is C17H28N4O4. The number of unbranched alkanes of at least 4 members (excludes halogenated alkanes) is 1. The van der Waals surface area contributed by atoms with E-state index in [1.54, 1.807) is 6.08 Å². The Morgan fingerprint density at radius 2 is 1.92 bits per heavy atom. The van der Waals surface area contributed by atoms with Gasteiger partial charge in [0.2, 0.25) is 5.91 Å². The lowest BCUT2D eigenvalue weighted by molar-refractivity contribution is -0.141. The molecule has 0 aliphatic heterocycles. The van der Waals surface area contributed by atoms with E-state index < -0.39 is 17.9 Å². The molecule has 0 aromatic heterocycles. The molecule has 0 aromatic rings. The average Bonchev–Trinajstić information content (AvgIpc) is 2.55. The third-order valence-electron chi connectivity index (χ3n) is 3.28. The van der Waals surface area contributed by atoms with E-state index in [4.69, 9.17) is 16.6 Å². The molecule has 0 bridgehead atoms. The second kappa shape index (κ2) is 13.8. The van der Waals surface area contributed by atoms with Gasteiger partial charge in [0.05, 0.1) is 0 Å². The Bertz CT molecular complexity index is 523. The molecule has 0 aliphatic rings. The topological polar surface area (TPSA) is 148 Å². The number of nitrogens with two attached hydrogens (primary N) is 2. The van der Waals surface area contributed by atoms with Crippen LogP contribution < -0.4 is 16.8 Å². The van der Waals surface area contributed by atoms with Gasteiger partial charge in [-0.15, -0.1) is 0 Å². The van der Waals surface area contributed by atoms with E-state index in [1.807, 2.05) is 13.0 Å². The molecule has 0 heterocycles. The van der Waals surface area contributed by atoms with Gasteiger partial charge < -0.3 is 21.9 Å². The van der Waals surface area contributed by atoms with Gasteiger partial charge in [0.1, 0.15) is 11.8 Å². The zero-order chi connectivity index (χ0) is 19.1. The summed E-state index contributed by atoms with van der Waals surface area (Å²) in [5, 5.41) is 11.5. The van der Waals surface area contributed by atoms with Crippen molar-refractivity contribution < 1.29 is 19.5 Å². The number of carboxylic acid groups (broad SMARTS) is 1. The number of hydrogen-bond acceptors (Lipinski definition) is 4. The summed E-state index contributed by atoms with van der Waals surface area (Å²) in [7, 11) is 0.